The lowest BCUT2D eigenvalue weighted by Crippen LogP contribution is -2.35. The lowest BCUT2D eigenvalue weighted by molar-refractivity contribution is 0.599. The molecule has 1 heterocycles. The molecule has 0 saturated carbocycles. The molecule has 0 amide bonds. The summed E-state index contributed by atoms with van der Waals surface area (Å²) in [5, 5.41) is 20.1. The minimum absolute atomic E-state index is 0.743. The van der Waals surface area contributed by atoms with Crippen molar-refractivity contribution in [2.75, 3.05) is 0 Å². The van der Waals surface area contributed by atoms with Gasteiger partial charge < -0.3 is 5.02 Å². The number of pyridine rings is 1. The fourth-order valence-corrected chi connectivity index (χ4v) is 1.73. The normalized spacial score (nSPS) is 13.9. The second-order valence-corrected chi connectivity index (χ2v) is 3.26. The highest BCUT2D eigenvalue weighted by Gasteiger charge is 2.18. The van der Waals surface area contributed by atoms with E-state index in [1.165, 1.54) is 0 Å². The van der Waals surface area contributed by atoms with Gasteiger partial charge in [-0.2, -0.15) is 0 Å². The van der Waals surface area contributed by atoms with Crippen LogP contribution in [0, 0.1) is 11.2 Å². The van der Waals surface area contributed by atoms with E-state index in [-0.39, 0.29) is 0 Å². The van der Waals surface area contributed by atoms with Crippen molar-refractivity contribution in [1.82, 2.24) is 4.98 Å². The molecule has 0 saturated heterocycles. The van der Waals surface area contributed by atoms with Crippen LogP contribution in [0.4, 0.5) is 0 Å². The van der Waals surface area contributed by atoms with Crippen LogP contribution in [0.5, 0.6) is 0 Å². The van der Waals surface area contributed by atoms with Gasteiger partial charge in [-0.1, -0.05) is 6.08 Å². The number of rotatable bonds is 1. The molecule has 1 N–H and O–H groups in total. The number of nitriles is 1. The summed E-state index contributed by atoms with van der Waals surface area (Å²) in [5.74, 6) is 1.85. The average Bonchev–Trinajstić information content (AvgIpc) is 2.27. The Morgan fingerprint density at radius 1 is 1.57 bits per heavy atom. The molecule has 1 aliphatic rings. The lowest BCUT2D eigenvalue weighted by atomic mass is 9.60. The van der Waals surface area contributed by atoms with Gasteiger partial charge in [0.2, 0.25) is 0 Å². The lowest BCUT2D eigenvalue weighted by Gasteiger charge is -2.08. The average molecular weight is 184 g/mol. The molecule has 1 aliphatic carbocycles. The van der Waals surface area contributed by atoms with E-state index in [1.807, 2.05) is 12.0 Å². The summed E-state index contributed by atoms with van der Waals surface area (Å²) in [6.07, 6.45) is 7.15. The fraction of sp³-hybridized carbons (Fsp3) is 0.200. The summed E-state index contributed by atoms with van der Waals surface area (Å²) >= 11 is 0. The predicted molar refractivity (Wildman–Crippen MR) is 54.2 cm³/mol. The van der Waals surface area contributed by atoms with Gasteiger partial charge in [0.15, 0.2) is 0 Å². The van der Waals surface area contributed by atoms with Crippen LogP contribution < -0.4 is 10.4 Å². The summed E-state index contributed by atoms with van der Waals surface area (Å²) in [7, 11) is 0. The standard InChI is InChI=1S/C10H9BN2O/c12-7-11(14)10-3-1-2-8-4-5-13-6-9(8)10/h2,4-6,14H,1,3H2. The summed E-state index contributed by atoms with van der Waals surface area (Å²) in [4.78, 5) is 4.00. The van der Waals surface area contributed by atoms with Gasteiger partial charge in [0, 0.05) is 18.4 Å². The van der Waals surface area contributed by atoms with E-state index in [0.29, 0.717) is 0 Å². The zero-order valence-corrected chi connectivity index (χ0v) is 7.64. The molecule has 4 heteroatoms. The number of hydrogen-bond acceptors (Lipinski definition) is 3. The highest BCUT2D eigenvalue weighted by Crippen LogP contribution is 2.09. The van der Waals surface area contributed by atoms with Crippen LogP contribution in [0.2, 0.25) is 0 Å². The molecular formula is C10H9BN2O. The molecule has 0 atom stereocenters. The van der Waals surface area contributed by atoms with E-state index >= 15 is 0 Å². The fourth-order valence-electron chi connectivity index (χ4n) is 1.73. The van der Waals surface area contributed by atoms with Gasteiger partial charge in [0.1, 0.15) is 0 Å². The van der Waals surface area contributed by atoms with E-state index in [4.69, 9.17) is 5.26 Å². The third kappa shape index (κ3) is 1.43. The molecule has 68 valence electrons. The summed E-state index contributed by atoms with van der Waals surface area (Å²) < 4.78 is 0. The molecule has 0 spiro atoms. The molecule has 1 aromatic rings. The van der Waals surface area contributed by atoms with Crippen LogP contribution in [0.15, 0.2) is 18.5 Å². The number of nitrogens with zero attached hydrogens (tertiary/aromatic N) is 2. The molecule has 0 unspecified atom stereocenters. The Bertz CT molecular complexity index is 504. The summed E-state index contributed by atoms with van der Waals surface area (Å²) in [6, 6.07) is 1.90. The van der Waals surface area contributed by atoms with E-state index in [9.17, 15) is 5.02 Å². The zero-order valence-electron chi connectivity index (χ0n) is 7.64. The van der Waals surface area contributed by atoms with Gasteiger partial charge in [-0.3, -0.25) is 4.98 Å². The van der Waals surface area contributed by atoms with Crippen LogP contribution >= 0.6 is 0 Å². The van der Waals surface area contributed by atoms with E-state index in [0.717, 1.165) is 28.8 Å². The molecule has 14 heavy (non-hydrogen) atoms. The van der Waals surface area contributed by atoms with Crippen molar-refractivity contribution in [3.8, 4) is 5.97 Å². The van der Waals surface area contributed by atoms with Gasteiger partial charge >= 0.3 is 6.92 Å². The maximum atomic E-state index is 9.49. The van der Waals surface area contributed by atoms with Crippen LogP contribution in [-0.4, -0.2) is 16.9 Å². The monoisotopic (exact) mass is 184 g/mol. The van der Waals surface area contributed by atoms with Gasteiger partial charge in [-0.25, -0.2) is 5.26 Å². The molecule has 0 fully saturated rings. The largest absolute Gasteiger partial charge is 0.442 e. The number of hydrogen-bond donors (Lipinski definition) is 1. The smallest absolute Gasteiger partial charge is 0.435 e. The molecule has 1 aromatic heterocycles. The Labute approximate surface area is 82.1 Å². The first-order valence-corrected chi connectivity index (χ1v) is 4.54. The van der Waals surface area contributed by atoms with Gasteiger partial charge in [0.25, 0.3) is 0 Å². The van der Waals surface area contributed by atoms with Crippen LogP contribution in [0.25, 0.3) is 11.5 Å². The van der Waals surface area contributed by atoms with Gasteiger partial charge in [-0.15, -0.1) is 0 Å². The van der Waals surface area contributed by atoms with E-state index < -0.39 is 6.92 Å². The first-order chi connectivity index (χ1) is 6.83. The van der Waals surface area contributed by atoms with E-state index in [2.05, 4.69) is 11.1 Å². The second-order valence-electron chi connectivity index (χ2n) is 3.26. The molecular weight excluding hydrogens is 175 g/mol. The maximum absolute atomic E-state index is 9.49. The highest BCUT2D eigenvalue weighted by molar-refractivity contribution is 6.77. The Hall–Kier alpha value is -1.60. The molecule has 0 aliphatic heterocycles. The molecule has 0 bridgehead atoms. The van der Waals surface area contributed by atoms with Crippen LogP contribution in [-0.2, 0) is 0 Å². The number of aromatic nitrogens is 1. The van der Waals surface area contributed by atoms with Crippen molar-refractivity contribution in [2.45, 2.75) is 12.8 Å². The van der Waals surface area contributed by atoms with Crippen molar-refractivity contribution in [3.63, 3.8) is 0 Å². The third-order valence-electron chi connectivity index (χ3n) is 2.43. The van der Waals surface area contributed by atoms with Gasteiger partial charge in [-0.05, 0) is 34.8 Å². The quantitative estimate of drug-likeness (QED) is 0.592. The molecule has 0 aromatic carbocycles. The minimum atomic E-state index is -0.994. The van der Waals surface area contributed by atoms with E-state index in [1.54, 1.807) is 12.4 Å². The molecule has 0 radical (unpaired) electrons. The number of fused-ring (bicyclic) bond motifs is 1. The molecule has 2 rings (SSSR count). The zero-order chi connectivity index (χ0) is 9.97. The second kappa shape index (κ2) is 3.65. The molecule has 3 nitrogen and oxygen atoms in total. The van der Waals surface area contributed by atoms with Crippen molar-refractivity contribution < 1.29 is 5.02 Å². The Morgan fingerprint density at radius 3 is 3.21 bits per heavy atom. The Morgan fingerprint density at radius 2 is 2.43 bits per heavy atom. The topological polar surface area (TPSA) is 56.9 Å². The van der Waals surface area contributed by atoms with Crippen LogP contribution in [0.1, 0.15) is 12.8 Å². The third-order valence-corrected chi connectivity index (χ3v) is 2.43. The van der Waals surface area contributed by atoms with Crippen molar-refractivity contribution in [3.05, 3.63) is 28.9 Å². The first kappa shape index (κ1) is 8.98. The Balaban J connectivity index is 2.73. The van der Waals surface area contributed by atoms with Crippen molar-refractivity contribution in [1.29, 1.82) is 5.26 Å². The first-order valence-electron chi connectivity index (χ1n) is 4.54. The predicted octanol–water partition coefficient (Wildman–Crippen LogP) is -0.608. The maximum Gasteiger partial charge on any atom is 0.442 e. The summed E-state index contributed by atoms with van der Waals surface area (Å²) in [6.45, 7) is -0.994. The SMILES string of the molecule is N#CB(O)C1=c2cnccc2=CCC1. The van der Waals surface area contributed by atoms with Crippen LogP contribution in [0.3, 0.4) is 0 Å². The van der Waals surface area contributed by atoms with Crippen molar-refractivity contribution in [2.24, 2.45) is 0 Å². The van der Waals surface area contributed by atoms with Crippen molar-refractivity contribution >= 4 is 18.5 Å². The highest BCUT2D eigenvalue weighted by atomic mass is 16.2. The summed E-state index contributed by atoms with van der Waals surface area (Å²) in [5.41, 5.74) is 0.790. The Kier molecular flexibility index (Phi) is 2.34. The van der Waals surface area contributed by atoms with Gasteiger partial charge in [0.05, 0.1) is 0 Å². The minimum Gasteiger partial charge on any atom is -0.435 e.